The summed E-state index contributed by atoms with van der Waals surface area (Å²) in [6, 6.07) is 23.4. The van der Waals surface area contributed by atoms with E-state index in [9.17, 15) is 0 Å². The van der Waals surface area contributed by atoms with Gasteiger partial charge in [0.05, 0.1) is 0 Å². The van der Waals surface area contributed by atoms with Gasteiger partial charge in [-0.1, -0.05) is 66.7 Å². The number of rotatable bonds is 1. The SMILES string of the molecule is NC1=CCC(=C2c3ccccc3-c3cccc(-c4ccc(N)cc4)c32)C=C1. The third-order valence-electron chi connectivity index (χ3n) is 5.38. The Morgan fingerprint density at radius 3 is 2.07 bits per heavy atom. The molecule has 0 saturated carbocycles. The van der Waals surface area contributed by atoms with Crippen LogP contribution in [0.3, 0.4) is 0 Å². The van der Waals surface area contributed by atoms with Gasteiger partial charge in [-0.3, -0.25) is 0 Å². The number of allylic oxidation sites excluding steroid dienone is 4. The van der Waals surface area contributed by atoms with Gasteiger partial charge in [0.25, 0.3) is 0 Å². The molecule has 0 aromatic heterocycles. The highest BCUT2D eigenvalue weighted by atomic mass is 14.6. The number of nitrogen functional groups attached to an aromatic ring is 1. The van der Waals surface area contributed by atoms with Crippen molar-refractivity contribution in [3.8, 4) is 22.3 Å². The highest BCUT2D eigenvalue weighted by molar-refractivity contribution is 6.07. The molecule has 4 N–H and O–H groups in total. The molecule has 0 bridgehead atoms. The zero-order valence-corrected chi connectivity index (χ0v) is 14.9. The maximum atomic E-state index is 5.96. The molecule has 2 aliphatic carbocycles. The molecule has 2 heteroatoms. The molecule has 3 aromatic rings. The van der Waals surface area contributed by atoms with E-state index in [4.69, 9.17) is 11.5 Å². The highest BCUT2D eigenvalue weighted by Gasteiger charge is 2.28. The van der Waals surface area contributed by atoms with Crippen molar-refractivity contribution < 1.29 is 0 Å². The van der Waals surface area contributed by atoms with E-state index in [1.807, 2.05) is 18.2 Å². The summed E-state index contributed by atoms with van der Waals surface area (Å²) in [4.78, 5) is 0. The van der Waals surface area contributed by atoms with Crippen LogP contribution in [0.4, 0.5) is 5.69 Å². The fourth-order valence-electron chi connectivity index (χ4n) is 4.10. The number of hydrogen-bond acceptors (Lipinski definition) is 2. The van der Waals surface area contributed by atoms with E-state index in [0.29, 0.717) is 0 Å². The van der Waals surface area contributed by atoms with E-state index in [1.54, 1.807) is 0 Å². The van der Waals surface area contributed by atoms with Gasteiger partial charge in [0.1, 0.15) is 0 Å². The van der Waals surface area contributed by atoms with E-state index in [0.717, 1.165) is 17.8 Å². The standard InChI is InChI=1S/C25H20N2/c26-18-12-8-16(9-13-18)20-6-3-7-23-21-4-1-2-5-22(21)24(25(20)23)17-10-14-19(27)15-11-17/h1-10,12-15H,11,26-27H2. The minimum absolute atomic E-state index is 0.781. The topological polar surface area (TPSA) is 52.0 Å². The second-order valence-corrected chi connectivity index (χ2v) is 7.04. The summed E-state index contributed by atoms with van der Waals surface area (Å²) in [6.07, 6.45) is 7.10. The molecule has 0 saturated heterocycles. The molecule has 5 rings (SSSR count). The first-order valence-corrected chi connectivity index (χ1v) is 9.18. The van der Waals surface area contributed by atoms with Crippen LogP contribution in [0.2, 0.25) is 0 Å². The Morgan fingerprint density at radius 2 is 1.33 bits per heavy atom. The van der Waals surface area contributed by atoms with Crippen LogP contribution in [-0.4, -0.2) is 0 Å². The predicted octanol–water partition coefficient (Wildman–Crippen LogP) is 5.52. The van der Waals surface area contributed by atoms with Crippen molar-refractivity contribution >= 4 is 11.3 Å². The molecular formula is C25H20N2. The van der Waals surface area contributed by atoms with E-state index in [-0.39, 0.29) is 0 Å². The zero-order valence-electron chi connectivity index (χ0n) is 14.9. The molecule has 130 valence electrons. The lowest BCUT2D eigenvalue weighted by molar-refractivity contribution is 1.20. The van der Waals surface area contributed by atoms with E-state index in [2.05, 4.69) is 66.7 Å². The van der Waals surface area contributed by atoms with Gasteiger partial charge in [0, 0.05) is 11.4 Å². The van der Waals surface area contributed by atoms with Crippen molar-refractivity contribution in [2.45, 2.75) is 6.42 Å². The monoisotopic (exact) mass is 348 g/mol. The van der Waals surface area contributed by atoms with E-state index >= 15 is 0 Å². The van der Waals surface area contributed by atoms with Crippen LogP contribution in [-0.2, 0) is 0 Å². The summed E-state index contributed by atoms with van der Waals surface area (Å²) >= 11 is 0. The fraction of sp³-hybridized carbons (Fsp3) is 0.0400. The van der Waals surface area contributed by atoms with Crippen LogP contribution in [0, 0.1) is 0 Å². The van der Waals surface area contributed by atoms with Crippen LogP contribution in [0.1, 0.15) is 17.5 Å². The van der Waals surface area contributed by atoms with Gasteiger partial charge < -0.3 is 11.5 Å². The van der Waals surface area contributed by atoms with Crippen LogP contribution in [0.5, 0.6) is 0 Å². The third kappa shape index (κ3) is 2.49. The van der Waals surface area contributed by atoms with Crippen molar-refractivity contribution in [2.75, 3.05) is 5.73 Å². The molecule has 0 unspecified atom stereocenters. The van der Waals surface area contributed by atoms with Crippen LogP contribution >= 0.6 is 0 Å². The van der Waals surface area contributed by atoms with Crippen LogP contribution in [0.15, 0.2) is 96.2 Å². The lowest BCUT2D eigenvalue weighted by Crippen LogP contribution is -1.99. The van der Waals surface area contributed by atoms with Crippen LogP contribution < -0.4 is 11.5 Å². The molecular weight excluding hydrogens is 328 g/mol. The number of fused-ring (bicyclic) bond motifs is 3. The van der Waals surface area contributed by atoms with Gasteiger partial charge in [-0.15, -0.1) is 0 Å². The van der Waals surface area contributed by atoms with Gasteiger partial charge in [0.2, 0.25) is 0 Å². The molecule has 0 amide bonds. The highest BCUT2D eigenvalue weighted by Crippen LogP contribution is 2.50. The van der Waals surface area contributed by atoms with E-state index in [1.165, 1.54) is 44.5 Å². The maximum Gasteiger partial charge on any atom is 0.0314 e. The molecule has 0 atom stereocenters. The minimum atomic E-state index is 0.781. The Balaban J connectivity index is 1.82. The number of nitrogens with two attached hydrogens (primary N) is 2. The Hall–Kier alpha value is -3.52. The molecule has 2 aliphatic rings. The lowest BCUT2D eigenvalue weighted by Gasteiger charge is -2.15. The molecule has 0 fully saturated rings. The van der Waals surface area contributed by atoms with Gasteiger partial charge in [-0.2, -0.15) is 0 Å². The molecule has 0 spiro atoms. The Bertz CT molecular complexity index is 1150. The van der Waals surface area contributed by atoms with Crippen molar-refractivity contribution in [3.63, 3.8) is 0 Å². The largest absolute Gasteiger partial charge is 0.399 e. The third-order valence-corrected chi connectivity index (χ3v) is 5.38. The summed E-state index contributed by atoms with van der Waals surface area (Å²) in [5.74, 6) is 0. The molecule has 0 aliphatic heterocycles. The average Bonchev–Trinajstić information content (AvgIpc) is 3.04. The predicted molar refractivity (Wildman–Crippen MR) is 114 cm³/mol. The quantitative estimate of drug-likeness (QED) is 0.445. The molecule has 27 heavy (non-hydrogen) atoms. The van der Waals surface area contributed by atoms with Gasteiger partial charge in [-0.25, -0.2) is 0 Å². The number of benzene rings is 3. The smallest absolute Gasteiger partial charge is 0.0314 e. The van der Waals surface area contributed by atoms with Crippen LogP contribution in [0.25, 0.3) is 27.8 Å². The van der Waals surface area contributed by atoms with Gasteiger partial charge in [0.15, 0.2) is 0 Å². The Labute approximate surface area is 159 Å². The van der Waals surface area contributed by atoms with Crippen molar-refractivity contribution in [3.05, 3.63) is 107 Å². The van der Waals surface area contributed by atoms with Crippen molar-refractivity contribution in [2.24, 2.45) is 5.73 Å². The summed E-state index contributed by atoms with van der Waals surface area (Å²) in [6.45, 7) is 0. The summed E-state index contributed by atoms with van der Waals surface area (Å²) in [7, 11) is 0. The lowest BCUT2D eigenvalue weighted by atomic mass is 9.88. The molecule has 0 heterocycles. The number of anilines is 1. The Morgan fingerprint density at radius 1 is 0.630 bits per heavy atom. The van der Waals surface area contributed by atoms with Crippen molar-refractivity contribution in [1.29, 1.82) is 0 Å². The second kappa shape index (κ2) is 6.03. The summed E-state index contributed by atoms with van der Waals surface area (Å²) in [5, 5.41) is 0. The first-order chi connectivity index (χ1) is 13.2. The molecule has 3 aromatic carbocycles. The molecule has 0 radical (unpaired) electrons. The number of hydrogen-bond donors (Lipinski definition) is 2. The van der Waals surface area contributed by atoms with Crippen molar-refractivity contribution in [1.82, 2.24) is 0 Å². The normalized spacial score (nSPS) is 17.4. The first kappa shape index (κ1) is 15.7. The Kier molecular flexibility index (Phi) is 3.51. The van der Waals surface area contributed by atoms with Gasteiger partial charge in [-0.05, 0) is 69.2 Å². The van der Waals surface area contributed by atoms with Gasteiger partial charge >= 0.3 is 0 Å². The minimum Gasteiger partial charge on any atom is -0.399 e. The first-order valence-electron chi connectivity index (χ1n) is 9.18. The zero-order chi connectivity index (χ0) is 18.4. The van der Waals surface area contributed by atoms with E-state index < -0.39 is 0 Å². The second-order valence-electron chi connectivity index (χ2n) is 7.04. The fourth-order valence-corrected chi connectivity index (χ4v) is 4.10. The summed E-state index contributed by atoms with van der Waals surface area (Å²) in [5.41, 5.74) is 23.7. The summed E-state index contributed by atoms with van der Waals surface area (Å²) < 4.78 is 0. The maximum absolute atomic E-state index is 5.96. The average molecular weight is 348 g/mol. The molecule has 2 nitrogen and oxygen atoms in total.